The largest absolute Gasteiger partial charge is 0.270 e. The lowest BCUT2D eigenvalue weighted by Gasteiger charge is -1.68. The van der Waals surface area contributed by atoms with E-state index in [1.807, 2.05) is 22.6 Å². The zero-order valence-corrected chi connectivity index (χ0v) is 5.52. The molecule has 0 rings (SSSR count). The fraction of sp³-hybridized carbons (Fsp3) is 0. The van der Waals surface area contributed by atoms with Crippen LogP contribution in [0.4, 0.5) is 8.78 Å². The van der Waals surface area contributed by atoms with Gasteiger partial charge in [0.2, 0.25) is 0 Å². The van der Waals surface area contributed by atoms with E-state index in [0.717, 1.165) is 6.08 Å². The zero-order chi connectivity index (χ0) is 5.70. The van der Waals surface area contributed by atoms with Gasteiger partial charge in [-0.05, 0) is 4.08 Å². The molecule has 40 valence electrons. The summed E-state index contributed by atoms with van der Waals surface area (Å²) in [7, 11) is 0. The molecule has 0 unspecified atom stereocenters. The Labute approximate surface area is 54.0 Å². The Morgan fingerprint density at radius 2 is 2.00 bits per heavy atom. The van der Waals surface area contributed by atoms with Crippen molar-refractivity contribution in [3.8, 4) is 0 Å². The van der Waals surface area contributed by atoms with E-state index in [9.17, 15) is 8.78 Å². The topological polar surface area (TPSA) is 0 Å². The molecule has 0 fully saturated rings. The van der Waals surface area contributed by atoms with Crippen molar-refractivity contribution in [2.75, 3.05) is 0 Å². The normalized spacial score (nSPS) is 9.57. The van der Waals surface area contributed by atoms with Crippen molar-refractivity contribution < 1.29 is 8.78 Å². The summed E-state index contributed by atoms with van der Waals surface area (Å²) in [6.07, 6.45) is 0.357. The minimum atomic E-state index is -1.66. The summed E-state index contributed by atoms with van der Waals surface area (Å²) in [4.78, 5) is 0. The maximum Gasteiger partial charge on any atom is 0.270 e. The van der Waals surface area contributed by atoms with Gasteiger partial charge in [-0.2, -0.15) is 8.78 Å². The average molecular weight is 216 g/mol. The molecule has 0 aromatic heterocycles. The van der Waals surface area contributed by atoms with Crippen LogP contribution in [-0.4, -0.2) is 0 Å². The first-order chi connectivity index (χ1) is 3.27. The molecule has 0 heterocycles. The molecule has 0 atom stereocenters. The van der Waals surface area contributed by atoms with Crippen LogP contribution in [0.15, 0.2) is 22.3 Å². The van der Waals surface area contributed by atoms with Crippen LogP contribution in [0.3, 0.4) is 0 Å². The lowest BCUT2D eigenvalue weighted by atomic mass is 10.6. The molecule has 7 heavy (non-hydrogen) atoms. The van der Waals surface area contributed by atoms with E-state index in [1.165, 1.54) is 10.2 Å². The molecule has 0 aromatic carbocycles. The van der Waals surface area contributed by atoms with Crippen LogP contribution in [0.2, 0.25) is 0 Å². The van der Waals surface area contributed by atoms with E-state index in [4.69, 9.17) is 0 Å². The van der Waals surface area contributed by atoms with E-state index < -0.39 is 6.08 Å². The van der Waals surface area contributed by atoms with Crippen molar-refractivity contribution >= 4 is 22.6 Å². The number of allylic oxidation sites excluding steroid dienone is 2. The van der Waals surface area contributed by atoms with Crippen molar-refractivity contribution in [1.29, 1.82) is 0 Å². The molecule has 0 nitrogen and oxygen atoms in total. The molecule has 0 N–H and O–H groups in total. The first kappa shape index (κ1) is 7.07. The van der Waals surface area contributed by atoms with Gasteiger partial charge in [-0.3, -0.25) is 0 Å². The average Bonchev–Trinajstić information content (AvgIpc) is 1.61. The molecule has 0 aliphatic heterocycles. The van der Waals surface area contributed by atoms with Crippen LogP contribution in [0.1, 0.15) is 0 Å². The first-order valence-electron chi connectivity index (χ1n) is 1.55. The van der Waals surface area contributed by atoms with Crippen molar-refractivity contribution in [1.82, 2.24) is 0 Å². The van der Waals surface area contributed by atoms with E-state index >= 15 is 0 Å². The predicted octanol–water partition coefficient (Wildman–Crippen LogP) is 2.72. The first-order valence-corrected chi connectivity index (χ1v) is 2.80. The highest BCUT2D eigenvalue weighted by Gasteiger charge is 1.77. The standard InChI is InChI=1S/C4H3F2I/c5-4(6)2-1-3-7/h1-3H/b3-1+. The Bertz CT molecular complexity index is 91.9. The summed E-state index contributed by atoms with van der Waals surface area (Å²) in [6.45, 7) is 0. The highest BCUT2D eigenvalue weighted by Crippen LogP contribution is 1.96. The summed E-state index contributed by atoms with van der Waals surface area (Å²) >= 11 is 1.86. The quantitative estimate of drug-likeness (QED) is 0.466. The van der Waals surface area contributed by atoms with Gasteiger partial charge in [-0.1, -0.05) is 28.7 Å². The van der Waals surface area contributed by atoms with Crippen LogP contribution in [-0.2, 0) is 0 Å². The van der Waals surface area contributed by atoms with Gasteiger partial charge in [0.25, 0.3) is 6.08 Å². The zero-order valence-electron chi connectivity index (χ0n) is 3.37. The Balaban J connectivity index is 3.46. The molecule has 0 saturated heterocycles. The van der Waals surface area contributed by atoms with Crippen molar-refractivity contribution in [3.63, 3.8) is 0 Å². The molecule has 0 spiro atoms. The van der Waals surface area contributed by atoms with Gasteiger partial charge in [0.05, 0.1) is 0 Å². The van der Waals surface area contributed by atoms with Gasteiger partial charge in [-0.25, -0.2) is 0 Å². The summed E-state index contributed by atoms with van der Waals surface area (Å²) < 4.78 is 23.6. The van der Waals surface area contributed by atoms with Gasteiger partial charge in [0.1, 0.15) is 0 Å². The summed E-state index contributed by atoms with van der Waals surface area (Å²) in [5, 5.41) is 0. The number of rotatable bonds is 1. The molecule has 0 aromatic rings. The Hall–Kier alpha value is 0.0700. The number of hydrogen-bond acceptors (Lipinski definition) is 0. The van der Waals surface area contributed by atoms with E-state index in [2.05, 4.69) is 0 Å². The van der Waals surface area contributed by atoms with E-state index in [-0.39, 0.29) is 0 Å². The lowest BCUT2D eigenvalue weighted by Crippen LogP contribution is -1.49. The lowest BCUT2D eigenvalue weighted by molar-refractivity contribution is 0.422. The van der Waals surface area contributed by atoms with Gasteiger partial charge < -0.3 is 0 Å². The summed E-state index contributed by atoms with van der Waals surface area (Å²) in [5.74, 6) is 0. The third kappa shape index (κ3) is 6.07. The second kappa shape index (κ2) is 4.23. The summed E-state index contributed by atoms with van der Waals surface area (Å²) in [5.41, 5.74) is 0. The smallest absolute Gasteiger partial charge is 0.173 e. The van der Waals surface area contributed by atoms with Crippen molar-refractivity contribution in [2.24, 2.45) is 0 Å². The van der Waals surface area contributed by atoms with Crippen LogP contribution >= 0.6 is 22.6 Å². The van der Waals surface area contributed by atoms with Crippen LogP contribution in [0.5, 0.6) is 0 Å². The fourth-order valence-corrected chi connectivity index (χ4v) is 0.317. The van der Waals surface area contributed by atoms with Gasteiger partial charge in [0, 0.05) is 6.08 Å². The van der Waals surface area contributed by atoms with Crippen LogP contribution < -0.4 is 0 Å². The molecular weight excluding hydrogens is 213 g/mol. The van der Waals surface area contributed by atoms with E-state index in [1.54, 1.807) is 0 Å². The Morgan fingerprint density at radius 3 is 2.14 bits per heavy atom. The van der Waals surface area contributed by atoms with E-state index in [0.29, 0.717) is 0 Å². The van der Waals surface area contributed by atoms with Crippen LogP contribution in [0, 0.1) is 0 Å². The third-order valence-corrected chi connectivity index (χ3v) is 0.710. The molecule has 0 saturated carbocycles. The number of hydrogen-bond donors (Lipinski definition) is 0. The maximum absolute atomic E-state index is 11.0. The SMILES string of the molecule is FC(F)=C/C=C/I. The second-order valence-corrected chi connectivity index (χ2v) is 1.49. The highest BCUT2D eigenvalue weighted by molar-refractivity contribution is 14.1. The highest BCUT2D eigenvalue weighted by atomic mass is 127. The fourth-order valence-electron chi connectivity index (χ4n) is 0.109. The Kier molecular flexibility index (Phi) is 4.28. The van der Waals surface area contributed by atoms with Crippen LogP contribution in [0.25, 0.3) is 0 Å². The Morgan fingerprint density at radius 1 is 1.43 bits per heavy atom. The summed E-state index contributed by atoms with van der Waals surface area (Å²) in [6, 6.07) is 0. The molecule has 0 bridgehead atoms. The minimum absolute atomic E-state index is 0.742. The van der Waals surface area contributed by atoms with Gasteiger partial charge >= 0.3 is 0 Å². The monoisotopic (exact) mass is 216 g/mol. The van der Waals surface area contributed by atoms with Crippen molar-refractivity contribution in [3.05, 3.63) is 22.3 Å². The molecule has 0 aliphatic carbocycles. The minimum Gasteiger partial charge on any atom is -0.173 e. The second-order valence-electron chi connectivity index (χ2n) is 0.775. The number of halogens is 3. The van der Waals surface area contributed by atoms with Crippen molar-refractivity contribution in [2.45, 2.75) is 0 Å². The molecule has 0 radical (unpaired) electrons. The predicted molar refractivity (Wildman–Crippen MR) is 33.5 cm³/mol. The molecule has 3 heteroatoms. The molecule has 0 amide bonds. The van der Waals surface area contributed by atoms with Gasteiger partial charge in [-0.15, -0.1) is 0 Å². The molecular formula is C4H3F2I. The third-order valence-electron chi connectivity index (χ3n) is 0.295. The molecule has 0 aliphatic rings. The maximum atomic E-state index is 11.0. The van der Waals surface area contributed by atoms with Gasteiger partial charge in [0.15, 0.2) is 0 Å².